The van der Waals surface area contributed by atoms with Crippen molar-refractivity contribution < 1.29 is 22.4 Å². The van der Waals surface area contributed by atoms with Gasteiger partial charge < -0.3 is 9.47 Å². The van der Waals surface area contributed by atoms with Gasteiger partial charge in [-0.2, -0.15) is 13.2 Å². The van der Waals surface area contributed by atoms with Crippen molar-refractivity contribution in [3.8, 4) is 0 Å². The van der Waals surface area contributed by atoms with Crippen LogP contribution in [0.5, 0.6) is 0 Å². The lowest BCUT2D eigenvalue weighted by Gasteiger charge is -2.30. The summed E-state index contributed by atoms with van der Waals surface area (Å²) in [5.74, 6) is -0.650. The van der Waals surface area contributed by atoms with Crippen molar-refractivity contribution in [1.82, 2.24) is 14.4 Å². The maximum Gasteiger partial charge on any atom is 0.416 e. The molecule has 1 aromatic heterocycles. The Morgan fingerprint density at radius 3 is 2.41 bits per heavy atom. The van der Waals surface area contributed by atoms with Gasteiger partial charge >= 0.3 is 6.18 Å². The van der Waals surface area contributed by atoms with E-state index in [2.05, 4.69) is 4.90 Å². The fourth-order valence-corrected chi connectivity index (χ4v) is 5.23. The fraction of sp³-hybridized carbons (Fsp3) is 0.414. The molecular weight excluding hydrogens is 482 g/mol. The summed E-state index contributed by atoms with van der Waals surface area (Å²) >= 11 is 0. The molecule has 3 aromatic rings. The Balaban J connectivity index is 1.63. The predicted octanol–water partition coefficient (Wildman–Crippen LogP) is 6.20. The van der Waals surface area contributed by atoms with Crippen LogP contribution in [0.2, 0.25) is 0 Å². The van der Waals surface area contributed by atoms with Crippen LogP contribution in [0.25, 0.3) is 0 Å². The van der Waals surface area contributed by atoms with Gasteiger partial charge in [-0.3, -0.25) is 9.69 Å². The summed E-state index contributed by atoms with van der Waals surface area (Å²) in [6, 6.07) is 15.1. The zero-order valence-electron chi connectivity index (χ0n) is 21.4. The van der Waals surface area contributed by atoms with Crippen molar-refractivity contribution in [3.05, 3.63) is 95.1 Å². The number of likely N-dealkylation sites (tertiary alicyclic amines) is 1. The Morgan fingerprint density at radius 2 is 1.78 bits per heavy atom. The van der Waals surface area contributed by atoms with E-state index in [9.17, 15) is 22.4 Å². The van der Waals surface area contributed by atoms with Crippen LogP contribution in [0.3, 0.4) is 0 Å². The lowest BCUT2D eigenvalue weighted by Crippen LogP contribution is -2.39. The molecule has 2 atom stereocenters. The summed E-state index contributed by atoms with van der Waals surface area (Å²) in [5, 5.41) is 0. The van der Waals surface area contributed by atoms with E-state index in [-0.39, 0.29) is 23.7 Å². The molecule has 4 rings (SSSR count). The molecule has 0 radical (unpaired) electrons. The van der Waals surface area contributed by atoms with Crippen molar-refractivity contribution >= 4 is 5.91 Å². The van der Waals surface area contributed by atoms with Crippen LogP contribution in [-0.4, -0.2) is 46.5 Å². The zero-order chi connectivity index (χ0) is 26.7. The summed E-state index contributed by atoms with van der Waals surface area (Å²) in [7, 11) is 1.97. The van der Waals surface area contributed by atoms with Gasteiger partial charge in [-0.1, -0.05) is 32.0 Å². The number of alkyl halides is 3. The third-order valence-corrected chi connectivity index (χ3v) is 7.01. The molecule has 1 fully saturated rings. The second kappa shape index (κ2) is 11.1. The Labute approximate surface area is 215 Å². The fourth-order valence-electron chi connectivity index (χ4n) is 5.23. The molecule has 0 bridgehead atoms. The SMILES string of the molecule is CC(C)CN(C[C@@H]1CN(Cc2cccn2C)C[C@H]1c1cccc(C(F)(F)F)c1)C(=O)c1ccc(F)cc1. The maximum absolute atomic E-state index is 13.5. The lowest BCUT2D eigenvalue weighted by atomic mass is 9.87. The molecule has 1 saturated heterocycles. The van der Waals surface area contributed by atoms with Gasteiger partial charge in [0, 0.05) is 63.1 Å². The van der Waals surface area contributed by atoms with Crippen molar-refractivity contribution in [2.75, 3.05) is 26.2 Å². The number of carbonyl (C=O) groups is 1. The molecule has 1 amide bonds. The van der Waals surface area contributed by atoms with Crippen molar-refractivity contribution in [2.45, 2.75) is 32.5 Å². The largest absolute Gasteiger partial charge is 0.416 e. The standard InChI is InChI=1S/C29H33F4N3O/c1-20(2)15-36(28(37)21-9-11-25(30)12-10-21)17-23-16-35(18-26-8-5-13-34(26)3)19-27(23)22-6-4-7-24(14-22)29(31,32)33/h4-14,20,23,27H,15-19H2,1-3H3/t23-,27-/m0/s1. The van der Waals surface area contributed by atoms with Crippen LogP contribution in [0.4, 0.5) is 17.6 Å². The van der Waals surface area contributed by atoms with Crippen LogP contribution in [0.1, 0.15) is 46.9 Å². The number of benzene rings is 2. The molecule has 4 nitrogen and oxygen atoms in total. The average molecular weight is 516 g/mol. The van der Waals surface area contributed by atoms with Crippen LogP contribution in [0, 0.1) is 17.7 Å². The molecule has 2 heterocycles. The van der Waals surface area contributed by atoms with E-state index in [0.717, 1.165) is 11.8 Å². The van der Waals surface area contributed by atoms with Gasteiger partial charge in [-0.15, -0.1) is 0 Å². The highest BCUT2D eigenvalue weighted by molar-refractivity contribution is 5.94. The van der Waals surface area contributed by atoms with Crippen molar-refractivity contribution in [3.63, 3.8) is 0 Å². The summed E-state index contributed by atoms with van der Waals surface area (Å²) < 4.78 is 56.0. The topological polar surface area (TPSA) is 28.5 Å². The maximum atomic E-state index is 13.5. The van der Waals surface area contributed by atoms with Crippen LogP contribution in [-0.2, 0) is 19.8 Å². The monoisotopic (exact) mass is 515 g/mol. The minimum atomic E-state index is -4.42. The summed E-state index contributed by atoms with van der Waals surface area (Å²) in [6.45, 7) is 6.86. The zero-order valence-corrected chi connectivity index (χ0v) is 21.4. The van der Waals surface area contributed by atoms with Crippen LogP contribution < -0.4 is 0 Å². The Morgan fingerprint density at radius 1 is 1.05 bits per heavy atom. The highest BCUT2D eigenvalue weighted by atomic mass is 19.4. The summed E-state index contributed by atoms with van der Waals surface area (Å²) in [6.07, 6.45) is -2.45. The van der Waals surface area contributed by atoms with E-state index in [0.29, 0.717) is 43.9 Å². The summed E-state index contributed by atoms with van der Waals surface area (Å²) in [5.41, 5.74) is 1.49. The number of aryl methyl sites for hydroxylation is 1. The second-order valence-corrected chi connectivity index (χ2v) is 10.4. The molecular formula is C29H33F4N3O. The van der Waals surface area contributed by atoms with Gasteiger partial charge in [0.05, 0.1) is 5.56 Å². The van der Waals surface area contributed by atoms with E-state index in [1.165, 1.54) is 36.4 Å². The quantitative estimate of drug-likeness (QED) is 0.335. The number of rotatable bonds is 8. The first-order valence-corrected chi connectivity index (χ1v) is 12.6. The number of amides is 1. The highest BCUT2D eigenvalue weighted by Gasteiger charge is 2.38. The third-order valence-electron chi connectivity index (χ3n) is 7.01. The first-order chi connectivity index (χ1) is 17.5. The van der Waals surface area contributed by atoms with Crippen molar-refractivity contribution in [2.24, 2.45) is 18.9 Å². The second-order valence-electron chi connectivity index (χ2n) is 10.4. The summed E-state index contributed by atoms with van der Waals surface area (Å²) in [4.78, 5) is 17.5. The predicted molar refractivity (Wildman–Crippen MR) is 136 cm³/mol. The number of halogens is 4. The van der Waals surface area contributed by atoms with E-state index in [1.54, 1.807) is 11.0 Å². The number of aromatic nitrogens is 1. The first kappa shape index (κ1) is 26.9. The normalized spacial score (nSPS) is 18.5. The van der Waals surface area contributed by atoms with E-state index in [1.807, 2.05) is 43.8 Å². The molecule has 2 aromatic carbocycles. The van der Waals surface area contributed by atoms with Gasteiger partial charge in [0.2, 0.25) is 0 Å². The molecule has 8 heteroatoms. The van der Waals surface area contributed by atoms with Crippen LogP contribution in [0.15, 0.2) is 66.9 Å². The minimum absolute atomic E-state index is 0.0631. The van der Waals surface area contributed by atoms with Gasteiger partial charge in [-0.25, -0.2) is 4.39 Å². The minimum Gasteiger partial charge on any atom is -0.353 e. The van der Waals surface area contributed by atoms with Gasteiger partial charge in [0.25, 0.3) is 5.91 Å². The number of nitrogens with zero attached hydrogens (tertiary/aromatic N) is 3. The van der Waals surface area contributed by atoms with Crippen LogP contribution >= 0.6 is 0 Å². The molecule has 1 aliphatic rings. The average Bonchev–Trinajstić information content (AvgIpc) is 3.43. The molecule has 0 saturated carbocycles. The Bertz CT molecular complexity index is 1200. The van der Waals surface area contributed by atoms with E-state index in [4.69, 9.17) is 0 Å². The van der Waals surface area contributed by atoms with Gasteiger partial charge in [-0.05, 0) is 59.9 Å². The smallest absolute Gasteiger partial charge is 0.353 e. The highest BCUT2D eigenvalue weighted by Crippen LogP contribution is 2.37. The van der Waals surface area contributed by atoms with Crippen molar-refractivity contribution in [1.29, 1.82) is 0 Å². The van der Waals surface area contributed by atoms with Gasteiger partial charge in [0.1, 0.15) is 5.82 Å². The van der Waals surface area contributed by atoms with E-state index >= 15 is 0 Å². The molecule has 0 unspecified atom stereocenters. The number of hydrogen-bond acceptors (Lipinski definition) is 2. The molecule has 1 aliphatic heterocycles. The Kier molecular flexibility index (Phi) is 8.07. The lowest BCUT2D eigenvalue weighted by molar-refractivity contribution is -0.137. The molecule has 37 heavy (non-hydrogen) atoms. The Hall–Kier alpha value is -3.13. The molecule has 198 valence electrons. The number of hydrogen-bond donors (Lipinski definition) is 0. The number of carbonyl (C=O) groups excluding carboxylic acids is 1. The van der Waals surface area contributed by atoms with Gasteiger partial charge in [0.15, 0.2) is 0 Å². The first-order valence-electron chi connectivity index (χ1n) is 12.6. The molecule has 0 aliphatic carbocycles. The molecule has 0 spiro atoms. The molecule has 0 N–H and O–H groups in total. The van der Waals surface area contributed by atoms with E-state index < -0.39 is 17.6 Å². The third kappa shape index (κ3) is 6.60.